The molecule has 0 bridgehead atoms. The molecule has 2 nitrogen and oxygen atoms in total. The molecule has 2 rings (SSSR count). The topological polar surface area (TPSA) is 24.4 Å². The maximum Gasteiger partial charge on any atom is 0.161 e. The van der Waals surface area contributed by atoms with Crippen molar-refractivity contribution >= 4 is 22.6 Å². The number of hydrogen-bond acceptors (Lipinski definition) is 3. The van der Waals surface area contributed by atoms with Gasteiger partial charge in [-0.15, -0.1) is 0 Å². The van der Waals surface area contributed by atoms with Gasteiger partial charge in [0, 0.05) is 17.9 Å². The van der Waals surface area contributed by atoms with Crippen LogP contribution in [0.3, 0.4) is 0 Å². The van der Waals surface area contributed by atoms with Crippen molar-refractivity contribution < 1.29 is 13.2 Å². The molecule has 1 N–H and O–H groups in total. The quantitative estimate of drug-likeness (QED) is 0.770. The second-order valence-corrected chi connectivity index (χ2v) is 4.47. The van der Waals surface area contributed by atoms with Crippen LogP contribution in [0.2, 0.25) is 0 Å². The van der Waals surface area contributed by atoms with Crippen LogP contribution in [-0.4, -0.2) is 17.0 Å². The molecule has 0 saturated carbocycles. The molecule has 0 radical (unpaired) electrons. The van der Waals surface area contributed by atoms with Crippen molar-refractivity contribution in [3.05, 3.63) is 29.6 Å². The number of benzene rings is 1. The van der Waals surface area contributed by atoms with Crippen LogP contribution in [0.4, 0.5) is 18.9 Å². The third kappa shape index (κ3) is 2.32. The molecule has 0 spiro atoms. The lowest BCUT2D eigenvalue weighted by molar-refractivity contribution is 0.496. The van der Waals surface area contributed by atoms with Gasteiger partial charge in [0.25, 0.3) is 0 Å². The molecule has 1 aliphatic rings. The van der Waals surface area contributed by atoms with Crippen LogP contribution in [0.1, 0.15) is 6.92 Å². The number of aliphatic imine (C=N–C) groups is 1. The second kappa shape index (κ2) is 4.37. The summed E-state index contributed by atoms with van der Waals surface area (Å²) >= 11 is 1.42. The van der Waals surface area contributed by atoms with Gasteiger partial charge in [-0.25, -0.2) is 13.2 Å². The third-order valence-corrected chi connectivity index (χ3v) is 3.18. The highest BCUT2D eigenvalue weighted by molar-refractivity contribution is 8.14. The van der Waals surface area contributed by atoms with Crippen molar-refractivity contribution in [1.82, 2.24) is 0 Å². The van der Waals surface area contributed by atoms with E-state index in [4.69, 9.17) is 0 Å². The predicted molar refractivity (Wildman–Crippen MR) is 59.3 cm³/mol. The standard InChI is InChI=1S/C10H9F3N2S/c1-5-4-16-10(14-5)15-9-3-7(12)6(11)2-8(9)13/h2-3,5H,4H2,1H3,(H,14,15). The van der Waals surface area contributed by atoms with Gasteiger partial charge in [-0.1, -0.05) is 11.8 Å². The predicted octanol–water partition coefficient (Wildman–Crippen LogP) is 3.01. The summed E-state index contributed by atoms with van der Waals surface area (Å²) in [4.78, 5) is 4.16. The van der Waals surface area contributed by atoms with Gasteiger partial charge in [0.1, 0.15) is 5.82 Å². The fourth-order valence-corrected chi connectivity index (χ4v) is 2.19. The van der Waals surface area contributed by atoms with Crippen molar-refractivity contribution in [2.45, 2.75) is 13.0 Å². The van der Waals surface area contributed by atoms with E-state index in [-0.39, 0.29) is 11.7 Å². The monoisotopic (exact) mass is 246 g/mol. The normalized spacial score (nSPS) is 19.8. The van der Waals surface area contributed by atoms with Crippen molar-refractivity contribution in [3.63, 3.8) is 0 Å². The van der Waals surface area contributed by atoms with E-state index in [1.165, 1.54) is 11.8 Å². The van der Waals surface area contributed by atoms with Crippen LogP contribution < -0.4 is 5.32 Å². The minimum atomic E-state index is -1.20. The Kier molecular flexibility index (Phi) is 3.09. The lowest BCUT2D eigenvalue weighted by Gasteiger charge is -2.06. The molecule has 0 fully saturated rings. The van der Waals surface area contributed by atoms with Crippen LogP contribution in [0, 0.1) is 17.5 Å². The molecule has 1 unspecified atom stereocenters. The minimum absolute atomic E-state index is 0.0979. The van der Waals surface area contributed by atoms with Crippen molar-refractivity contribution in [3.8, 4) is 0 Å². The van der Waals surface area contributed by atoms with Crippen molar-refractivity contribution in [2.24, 2.45) is 4.99 Å². The first kappa shape index (κ1) is 11.3. The number of thioether (sulfide) groups is 1. The van der Waals surface area contributed by atoms with E-state index in [0.29, 0.717) is 11.2 Å². The summed E-state index contributed by atoms with van der Waals surface area (Å²) in [6.45, 7) is 1.92. The van der Waals surface area contributed by atoms with Gasteiger partial charge in [-0.05, 0) is 6.92 Å². The molecule has 1 aliphatic heterocycles. The van der Waals surface area contributed by atoms with Crippen LogP contribution in [0.25, 0.3) is 0 Å². The molecule has 0 aromatic heterocycles. The molecule has 0 aliphatic carbocycles. The number of nitrogens with zero attached hydrogens (tertiary/aromatic N) is 1. The van der Waals surface area contributed by atoms with E-state index in [1.54, 1.807) is 0 Å². The smallest absolute Gasteiger partial charge is 0.161 e. The molecular formula is C10H9F3N2S. The van der Waals surface area contributed by atoms with E-state index < -0.39 is 17.5 Å². The largest absolute Gasteiger partial charge is 0.332 e. The molecule has 0 saturated heterocycles. The van der Waals surface area contributed by atoms with Gasteiger partial charge in [0.05, 0.1) is 11.7 Å². The third-order valence-electron chi connectivity index (χ3n) is 2.05. The van der Waals surface area contributed by atoms with Gasteiger partial charge in [0.2, 0.25) is 0 Å². The van der Waals surface area contributed by atoms with E-state index in [9.17, 15) is 13.2 Å². The first-order valence-corrected chi connectivity index (χ1v) is 5.67. The zero-order chi connectivity index (χ0) is 11.7. The first-order chi connectivity index (χ1) is 7.56. The summed E-state index contributed by atoms with van der Waals surface area (Å²) < 4.78 is 38.8. The summed E-state index contributed by atoms with van der Waals surface area (Å²) in [5, 5.41) is 3.16. The lowest BCUT2D eigenvalue weighted by Crippen LogP contribution is -2.07. The Labute approximate surface area is 95.0 Å². The summed E-state index contributed by atoms with van der Waals surface area (Å²) in [6, 6.07) is 1.46. The molecule has 1 heterocycles. The highest BCUT2D eigenvalue weighted by atomic mass is 32.2. The number of nitrogens with one attached hydrogen (secondary N) is 1. The molecular weight excluding hydrogens is 237 g/mol. The Morgan fingerprint density at radius 2 is 1.94 bits per heavy atom. The van der Waals surface area contributed by atoms with Crippen LogP contribution in [0.15, 0.2) is 17.1 Å². The van der Waals surface area contributed by atoms with Crippen LogP contribution >= 0.6 is 11.8 Å². The summed E-state index contributed by atoms with van der Waals surface area (Å²) in [6.07, 6.45) is 0. The Bertz CT molecular complexity index is 448. The van der Waals surface area contributed by atoms with Crippen LogP contribution in [-0.2, 0) is 0 Å². The number of rotatable bonds is 1. The average Bonchev–Trinajstić information content (AvgIpc) is 2.60. The Morgan fingerprint density at radius 1 is 1.25 bits per heavy atom. The lowest BCUT2D eigenvalue weighted by atomic mass is 10.3. The van der Waals surface area contributed by atoms with Crippen molar-refractivity contribution in [1.29, 1.82) is 0 Å². The minimum Gasteiger partial charge on any atom is -0.332 e. The number of amidine groups is 1. The maximum atomic E-state index is 13.2. The summed E-state index contributed by atoms with van der Waals surface area (Å²) in [7, 11) is 0. The fourth-order valence-electron chi connectivity index (χ4n) is 1.28. The Morgan fingerprint density at radius 3 is 2.56 bits per heavy atom. The average molecular weight is 246 g/mol. The maximum absolute atomic E-state index is 13.2. The zero-order valence-electron chi connectivity index (χ0n) is 8.43. The second-order valence-electron chi connectivity index (χ2n) is 3.47. The van der Waals surface area contributed by atoms with E-state index in [2.05, 4.69) is 10.3 Å². The summed E-state index contributed by atoms with van der Waals surface area (Å²) in [5.74, 6) is -2.31. The zero-order valence-corrected chi connectivity index (χ0v) is 9.25. The highest BCUT2D eigenvalue weighted by Gasteiger charge is 2.16. The molecule has 86 valence electrons. The van der Waals surface area contributed by atoms with Gasteiger partial charge in [-0.2, -0.15) is 0 Å². The van der Waals surface area contributed by atoms with E-state index in [1.807, 2.05) is 6.92 Å². The van der Waals surface area contributed by atoms with Gasteiger partial charge in [-0.3, -0.25) is 4.99 Å². The number of halogens is 3. The SMILES string of the molecule is CC1CSC(Nc2cc(F)c(F)cc2F)=N1. The van der Waals surface area contributed by atoms with Crippen LogP contribution in [0.5, 0.6) is 0 Å². The molecule has 1 aromatic carbocycles. The molecule has 1 atom stereocenters. The highest BCUT2D eigenvalue weighted by Crippen LogP contribution is 2.23. The molecule has 16 heavy (non-hydrogen) atoms. The first-order valence-electron chi connectivity index (χ1n) is 4.68. The molecule has 1 aromatic rings. The fraction of sp³-hybridized carbons (Fsp3) is 0.300. The summed E-state index contributed by atoms with van der Waals surface area (Å²) in [5.41, 5.74) is -0.0979. The van der Waals surface area contributed by atoms with E-state index >= 15 is 0 Å². The number of anilines is 1. The van der Waals surface area contributed by atoms with Crippen molar-refractivity contribution in [2.75, 3.05) is 11.1 Å². The van der Waals surface area contributed by atoms with E-state index in [0.717, 1.165) is 11.8 Å². The Balaban J connectivity index is 2.22. The van der Waals surface area contributed by atoms with Gasteiger partial charge >= 0.3 is 0 Å². The van der Waals surface area contributed by atoms with Gasteiger partial charge in [0.15, 0.2) is 16.8 Å². The Hall–Kier alpha value is -1.17. The number of hydrogen-bond donors (Lipinski definition) is 1. The molecule has 0 amide bonds. The molecule has 6 heteroatoms. The van der Waals surface area contributed by atoms with Gasteiger partial charge < -0.3 is 5.32 Å².